The maximum Gasteiger partial charge on any atom is 0.406 e. The lowest BCUT2D eigenvalue weighted by atomic mass is 10.1. The average molecular weight is 326 g/mol. The number of nitrogens with one attached hydrogen (secondary N) is 1. The van der Waals surface area contributed by atoms with Crippen LogP contribution in [-0.4, -0.2) is 43.0 Å². The number of carbonyl (C=O) groups is 2. The Morgan fingerprint density at radius 1 is 1.26 bits per heavy atom. The highest BCUT2D eigenvalue weighted by atomic mass is 19.4. The third-order valence-corrected chi connectivity index (χ3v) is 2.85. The van der Waals surface area contributed by atoms with Crippen LogP contribution < -0.4 is 5.32 Å². The highest BCUT2D eigenvalue weighted by Crippen LogP contribution is 2.17. The second-order valence-electron chi connectivity index (χ2n) is 4.66. The SMILES string of the molecule is C=CCN(CC(F)(F)F)C(=O)/C=C/c1ccc(C(=O)NC)cc1. The van der Waals surface area contributed by atoms with Gasteiger partial charge in [-0.05, 0) is 23.8 Å². The molecule has 1 aromatic rings. The third kappa shape index (κ3) is 6.37. The van der Waals surface area contributed by atoms with Crippen molar-refractivity contribution >= 4 is 17.9 Å². The normalized spacial score (nSPS) is 11.3. The summed E-state index contributed by atoms with van der Waals surface area (Å²) in [6.07, 6.45) is -0.788. The molecule has 4 nitrogen and oxygen atoms in total. The van der Waals surface area contributed by atoms with E-state index < -0.39 is 18.6 Å². The van der Waals surface area contributed by atoms with Gasteiger partial charge in [0.25, 0.3) is 5.91 Å². The van der Waals surface area contributed by atoms with Crippen molar-refractivity contribution in [2.24, 2.45) is 0 Å². The summed E-state index contributed by atoms with van der Waals surface area (Å²) in [5.41, 5.74) is 1.04. The molecule has 0 aliphatic heterocycles. The van der Waals surface area contributed by atoms with Crippen molar-refractivity contribution in [1.29, 1.82) is 0 Å². The highest BCUT2D eigenvalue weighted by molar-refractivity contribution is 5.94. The Morgan fingerprint density at radius 2 is 1.87 bits per heavy atom. The van der Waals surface area contributed by atoms with Crippen LogP contribution in [0.5, 0.6) is 0 Å². The Kier molecular flexibility index (Phi) is 6.56. The van der Waals surface area contributed by atoms with Gasteiger partial charge in [-0.15, -0.1) is 6.58 Å². The quantitative estimate of drug-likeness (QED) is 0.645. The van der Waals surface area contributed by atoms with E-state index >= 15 is 0 Å². The number of halogens is 3. The van der Waals surface area contributed by atoms with Gasteiger partial charge in [-0.3, -0.25) is 9.59 Å². The first-order valence-electron chi connectivity index (χ1n) is 6.73. The molecular weight excluding hydrogens is 309 g/mol. The van der Waals surface area contributed by atoms with E-state index in [4.69, 9.17) is 0 Å². The molecule has 1 aromatic carbocycles. The van der Waals surface area contributed by atoms with Crippen LogP contribution in [-0.2, 0) is 4.79 Å². The number of amides is 2. The van der Waals surface area contributed by atoms with Crippen LogP contribution in [0.2, 0.25) is 0 Å². The second kappa shape index (κ2) is 8.17. The van der Waals surface area contributed by atoms with Crippen molar-refractivity contribution in [3.63, 3.8) is 0 Å². The molecule has 1 N–H and O–H groups in total. The monoisotopic (exact) mass is 326 g/mol. The minimum Gasteiger partial charge on any atom is -0.355 e. The van der Waals surface area contributed by atoms with Gasteiger partial charge in [0.2, 0.25) is 5.91 Å². The lowest BCUT2D eigenvalue weighted by Crippen LogP contribution is -2.38. The summed E-state index contributed by atoms with van der Waals surface area (Å²) in [7, 11) is 1.50. The van der Waals surface area contributed by atoms with E-state index in [0.717, 1.165) is 6.08 Å². The van der Waals surface area contributed by atoms with Crippen LogP contribution in [0.3, 0.4) is 0 Å². The highest BCUT2D eigenvalue weighted by Gasteiger charge is 2.31. The largest absolute Gasteiger partial charge is 0.406 e. The fraction of sp³-hybridized carbons (Fsp3) is 0.250. The number of alkyl halides is 3. The van der Waals surface area contributed by atoms with E-state index in [2.05, 4.69) is 11.9 Å². The molecule has 23 heavy (non-hydrogen) atoms. The van der Waals surface area contributed by atoms with Crippen molar-refractivity contribution in [3.05, 3.63) is 54.1 Å². The summed E-state index contributed by atoms with van der Waals surface area (Å²) in [6, 6.07) is 6.30. The first-order chi connectivity index (χ1) is 10.8. The Labute approximate surface area is 132 Å². The third-order valence-electron chi connectivity index (χ3n) is 2.85. The molecule has 0 aromatic heterocycles. The van der Waals surface area contributed by atoms with E-state index in [1.54, 1.807) is 24.3 Å². The fourth-order valence-corrected chi connectivity index (χ4v) is 1.77. The van der Waals surface area contributed by atoms with E-state index in [0.29, 0.717) is 16.0 Å². The van der Waals surface area contributed by atoms with E-state index in [9.17, 15) is 22.8 Å². The molecule has 0 aliphatic rings. The number of rotatable bonds is 6. The van der Waals surface area contributed by atoms with Crippen LogP contribution in [0.1, 0.15) is 15.9 Å². The number of hydrogen-bond acceptors (Lipinski definition) is 2. The molecule has 0 saturated heterocycles. The topological polar surface area (TPSA) is 49.4 Å². The van der Waals surface area contributed by atoms with Crippen molar-refractivity contribution in [2.45, 2.75) is 6.18 Å². The molecule has 7 heteroatoms. The van der Waals surface area contributed by atoms with Gasteiger partial charge in [0.15, 0.2) is 0 Å². The molecule has 0 bridgehead atoms. The smallest absolute Gasteiger partial charge is 0.355 e. The molecule has 0 aliphatic carbocycles. The molecule has 0 heterocycles. The number of hydrogen-bond donors (Lipinski definition) is 1. The van der Waals surface area contributed by atoms with E-state index in [-0.39, 0.29) is 12.5 Å². The van der Waals surface area contributed by atoms with Gasteiger partial charge >= 0.3 is 6.18 Å². The van der Waals surface area contributed by atoms with E-state index in [1.807, 2.05) is 0 Å². The Bertz CT molecular complexity index is 592. The summed E-state index contributed by atoms with van der Waals surface area (Å²) in [5, 5.41) is 2.47. The van der Waals surface area contributed by atoms with Crippen molar-refractivity contribution < 1.29 is 22.8 Å². The standard InChI is InChI=1S/C16H17F3N2O2/c1-3-10-21(11-16(17,18)19)14(22)9-6-12-4-7-13(8-5-12)15(23)20-2/h3-9H,1,10-11H2,2H3,(H,20,23)/b9-6+. The van der Waals surface area contributed by atoms with Gasteiger partial charge in [0.1, 0.15) is 6.54 Å². The van der Waals surface area contributed by atoms with Crippen molar-refractivity contribution in [2.75, 3.05) is 20.1 Å². The van der Waals surface area contributed by atoms with E-state index in [1.165, 1.54) is 19.2 Å². The number of benzene rings is 1. The first-order valence-corrected chi connectivity index (χ1v) is 6.73. The van der Waals surface area contributed by atoms with Gasteiger partial charge in [-0.1, -0.05) is 18.2 Å². The zero-order valence-corrected chi connectivity index (χ0v) is 12.6. The first kappa shape index (κ1) is 18.5. The van der Waals surface area contributed by atoms with Gasteiger partial charge < -0.3 is 10.2 Å². The molecular formula is C16H17F3N2O2. The Hall–Kier alpha value is -2.57. The number of nitrogens with zero attached hydrogens (tertiary/aromatic N) is 1. The maximum absolute atomic E-state index is 12.4. The fourth-order valence-electron chi connectivity index (χ4n) is 1.77. The zero-order valence-electron chi connectivity index (χ0n) is 12.6. The molecule has 0 fully saturated rings. The van der Waals surface area contributed by atoms with Gasteiger partial charge in [0.05, 0.1) is 0 Å². The average Bonchev–Trinajstić information content (AvgIpc) is 2.50. The summed E-state index contributed by atoms with van der Waals surface area (Å²) in [5.74, 6) is -1.02. The Balaban J connectivity index is 2.79. The zero-order chi connectivity index (χ0) is 17.5. The number of carbonyl (C=O) groups excluding carboxylic acids is 2. The van der Waals surface area contributed by atoms with Crippen molar-refractivity contribution in [3.8, 4) is 0 Å². The van der Waals surface area contributed by atoms with Gasteiger partial charge in [-0.25, -0.2) is 0 Å². The lowest BCUT2D eigenvalue weighted by Gasteiger charge is -2.20. The lowest BCUT2D eigenvalue weighted by molar-refractivity contribution is -0.157. The summed E-state index contributed by atoms with van der Waals surface area (Å²) in [6.45, 7) is 1.81. The van der Waals surface area contributed by atoms with Gasteiger partial charge in [-0.2, -0.15) is 13.2 Å². The van der Waals surface area contributed by atoms with Crippen molar-refractivity contribution in [1.82, 2.24) is 10.2 Å². The predicted octanol–water partition coefficient (Wildman–Crippen LogP) is 2.64. The minimum absolute atomic E-state index is 0.196. The molecule has 0 spiro atoms. The molecule has 2 amide bonds. The van der Waals surface area contributed by atoms with Crippen LogP contribution in [0.25, 0.3) is 6.08 Å². The van der Waals surface area contributed by atoms with Crippen LogP contribution in [0.15, 0.2) is 43.0 Å². The predicted molar refractivity (Wildman–Crippen MR) is 81.7 cm³/mol. The maximum atomic E-state index is 12.4. The molecule has 124 valence electrons. The van der Waals surface area contributed by atoms with Crippen LogP contribution >= 0.6 is 0 Å². The molecule has 0 radical (unpaired) electrons. The second-order valence-corrected chi connectivity index (χ2v) is 4.66. The minimum atomic E-state index is -4.47. The Morgan fingerprint density at radius 3 is 2.35 bits per heavy atom. The van der Waals surface area contributed by atoms with Crippen LogP contribution in [0.4, 0.5) is 13.2 Å². The summed E-state index contributed by atoms with van der Waals surface area (Å²) < 4.78 is 37.2. The molecule has 1 rings (SSSR count). The summed E-state index contributed by atoms with van der Waals surface area (Å²) in [4.78, 5) is 23.9. The van der Waals surface area contributed by atoms with Gasteiger partial charge in [0, 0.05) is 25.2 Å². The molecule has 0 atom stereocenters. The van der Waals surface area contributed by atoms with Crippen LogP contribution in [0, 0.1) is 0 Å². The summed E-state index contributed by atoms with van der Waals surface area (Å²) >= 11 is 0. The molecule has 0 saturated carbocycles. The molecule has 0 unspecified atom stereocenters.